The average Bonchev–Trinajstić information content (AvgIpc) is 2.52. The molecule has 0 radical (unpaired) electrons. The number of carbonyl (C=O) groups excluding carboxylic acids is 1. The van der Waals surface area contributed by atoms with Crippen molar-refractivity contribution in [3.63, 3.8) is 0 Å². The Morgan fingerprint density at radius 3 is 2.00 bits per heavy atom. The molecule has 1 unspecified atom stereocenters. The molecule has 0 saturated heterocycles. The summed E-state index contributed by atoms with van der Waals surface area (Å²) < 4.78 is 43.0. The van der Waals surface area contributed by atoms with Gasteiger partial charge in [0.2, 0.25) is 5.91 Å². The van der Waals surface area contributed by atoms with Gasteiger partial charge in [0.25, 0.3) is 0 Å². The third kappa shape index (κ3) is 19.4. The monoisotopic (exact) mass is 383 g/mol. The summed E-state index contributed by atoms with van der Waals surface area (Å²) in [5, 5.41) is 2.75. The van der Waals surface area contributed by atoms with Crippen molar-refractivity contribution in [2.75, 3.05) is 71.9 Å². The molecule has 0 spiro atoms. The maximum Gasteiger partial charge on any atom is 0.220 e. The highest BCUT2D eigenvalue weighted by Crippen LogP contribution is 2.07. The van der Waals surface area contributed by atoms with Crippen LogP contribution in [0.3, 0.4) is 0 Å². The summed E-state index contributed by atoms with van der Waals surface area (Å²) in [5.41, 5.74) is 0. The molecule has 0 rings (SSSR count). The van der Waals surface area contributed by atoms with Crippen LogP contribution in [0.25, 0.3) is 0 Å². The molecule has 1 atom stereocenters. The van der Waals surface area contributed by atoms with Crippen LogP contribution >= 0.6 is 0 Å². The molecule has 0 aliphatic rings. The van der Waals surface area contributed by atoms with Gasteiger partial charge in [-0.15, -0.1) is 0 Å². The Hall–Kier alpha value is -0.740. The zero-order chi connectivity index (χ0) is 19.0. The average molecular weight is 384 g/mol. The molecule has 8 nitrogen and oxygen atoms in total. The lowest BCUT2D eigenvalue weighted by atomic mass is 10.1. The fourth-order valence-electron chi connectivity index (χ4n) is 2.01. The van der Waals surface area contributed by atoms with Crippen LogP contribution < -0.4 is 5.32 Å². The minimum atomic E-state index is -2.99. The van der Waals surface area contributed by atoms with E-state index in [9.17, 15) is 13.2 Å². The van der Waals surface area contributed by atoms with Gasteiger partial charge in [0.05, 0.1) is 52.0 Å². The van der Waals surface area contributed by atoms with E-state index in [1.807, 2.05) is 6.92 Å². The summed E-state index contributed by atoms with van der Waals surface area (Å²) in [4.78, 5) is 11.6. The highest BCUT2D eigenvalue weighted by Gasteiger charge is 2.12. The number of amides is 1. The number of ether oxygens (including phenoxy) is 4. The summed E-state index contributed by atoms with van der Waals surface area (Å²) >= 11 is 0. The summed E-state index contributed by atoms with van der Waals surface area (Å²) in [6.45, 7) is 5.78. The minimum absolute atomic E-state index is 0.0207. The van der Waals surface area contributed by atoms with Crippen LogP contribution in [0.15, 0.2) is 0 Å². The van der Waals surface area contributed by atoms with Crippen molar-refractivity contribution < 1.29 is 32.2 Å². The Morgan fingerprint density at radius 1 is 0.960 bits per heavy atom. The van der Waals surface area contributed by atoms with Crippen LogP contribution in [0.5, 0.6) is 0 Å². The van der Waals surface area contributed by atoms with Crippen molar-refractivity contribution in [1.29, 1.82) is 0 Å². The summed E-state index contributed by atoms with van der Waals surface area (Å²) in [7, 11) is -1.36. The first-order valence-corrected chi connectivity index (χ1v) is 10.6. The fourth-order valence-corrected chi connectivity index (χ4v) is 3.21. The normalized spacial score (nSPS) is 12.9. The summed E-state index contributed by atoms with van der Waals surface area (Å²) in [6.07, 6.45) is 2.09. The van der Waals surface area contributed by atoms with Crippen LogP contribution in [0.2, 0.25) is 0 Å². The smallest absolute Gasteiger partial charge is 0.220 e. The number of carbonyl (C=O) groups is 1. The quantitative estimate of drug-likeness (QED) is 0.360. The van der Waals surface area contributed by atoms with E-state index in [4.69, 9.17) is 18.9 Å². The van der Waals surface area contributed by atoms with Gasteiger partial charge in [-0.2, -0.15) is 0 Å². The molecule has 0 fully saturated rings. The van der Waals surface area contributed by atoms with Gasteiger partial charge in [-0.25, -0.2) is 8.42 Å². The Morgan fingerprint density at radius 2 is 1.48 bits per heavy atom. The molecular formula is C16H33NO7S. The summed E-state index contributed by atoms with van der Waals surface area (Å²) in [5.74, 6) is 0.00177. The van der Waals surface area contributed by atoms with Gasteiger partial charge in [0.1, 0.15) is 9.84 Å². The van der Waals surface area contributed by atoms with Gasteiger partial charge in [0, 0.05) is 26.3 Å². The SMILES string of the molecule is COCCOCCOCCOCCNC(=O)CCC(C)CS(C)(=O)=O. The molecule has 25 heavy (non-hydrogen) atoms. The predicted molar refractivity (Wildman–Crippen MR) is 95.5 cm³/mol. The van der Waals surface area contributed by atoms with Crippen molar-refractivity contribution in [1.82, 2.24) is 5.32 Å². The first-order valence-electron chi connectivity index (χ1n) is 8.51. The lowest BCUT2D eigenvalue weighted by Gasteiger charge is -2.10. The Labute approximate surface area is 151 Å². The molecule has 0 heterocycles. The van der Waals surface area contributed by atoms with E-state index in [-0.39, 0.29) is 17.6 Å². The molecule has 0 saturated carbocycles. The van der Waals surface area contributed by atoms with E-state index in [1.54, 1.807) is 7.11 Å². The predicted octanol–water partition coefficient (Wildman–Crippen LogP) is 0.260. The topological polar surface area (TPSA) is 100 Å². The molecule has 1 amide bonds. The standard InChI is InChI=1S/C16H33NO7S/c1-15(14-25(3,19)20)4-5-16(18)17-6-7-22-10-11-24-13-12-23-9-8-21-2/h15H,4-14H2,1-3H3,(H,17,18). The molecule has 0 aromatic carbocycles. The molecule has 0 aliphatic heterocycles. The maximum atomic E-state index is 11.6. The molecular weight excluding hydrogens is 350 g/mol. The van der Waals surface area contributed by atoms with Crippen LogP contribution in [-0.4, -0.2) is 86.2 Å². The lowest BCUT2D eigenvalue weighted by molar-refractivity contribution is -0.121. The first-order chi connectivity index (χ1) is 11.8. The van der Waals surface area contributed by atoms with Gasteiger partial charge >= 0.3 is 0 Å². The lowest BCUT2D eigenvalue weighted by Crippen LogP contribution is -2.28. The van der Waals surface area contributed by atoms with Crippen LogP contribution in [0, 0.1) is 5.92 Å². The maximum absolute atomic E-state index is 11.6. The van der Waals surface area contributed by atoms with Crippen molar-refractivity contribution >= 4 is 15.7 Å². The Balaban J connectivity index is 3.35. The molecule has 150 valence electrons. The summed E-state index contributed by atoms with van der Waals surface area (Å²) in [6, 6.07) is 0. The van der Waals surface area contributed by atoms with Gasteiger partial charge in [0.15, 0.2) is 0 Å². The number of rotatable bonds is 17. The van der Waals surface area contributed by atoms with Crippen molar-refractivity contribution in [2.45, 2.75) is 19.8 Å². The van der Waals surface area contributed by atoms with Crippen LogP contribution in [-0.2, 0) is 33.6 Å². The third-order valence-corrected chi connectivity index (χ3v) is 4.37. The molecule has 0 aliphatic carbocycles. The second kappa shape index (κ2) is 15.5. The van der Waals surface area contributed by atoms with E-state index >= 15 is 0 Å². The third-order valence-electron chi connectivity index (χ3n) is 3.20. The van der Waals surface area contributed by atoms with E-state index in [1.165, 1.54) is 6.26 Å². The highest BCUT2D eigenvalue weighted by molar-refractivity contribution is 7.90. The van der Waals surface area contributed by atoms with Crippen LogP contribution in [0.1, 0.15) is 19.8 Å². The van der Waals surface area contributed by atoms with Crippen molar-refractivity contribution in [2.24, 2.45) is 5.92 Å². The van der Waals surface area contributed by atoms with Crippen LogP contribution in [0.4, 0.5) is 0 Å². The Kier molecular flexibility index (Phi) is 15.1. The molecule has 0 bridgehead atoms. The largest absolute Gasteiger partial charge is 0.382 e. The molecule has 1 N–H and O–H groups in total. The minimum Gasteiger partial charge on any atom is -0.382 e. The number of sulfone groups is 1. The highest BCUT2D eigenvalue weighted by atomic mass is 32.2. The second-order valence-corrected chi connectivity index (χ2v) is 8.10. The van der Waals surface area contributed by atoms with E-state index in [0.29, 0.717) is 65.6 Å². The fraction of sp³-hybridized carbons (Fsp3) is 0.938. The van der Waals surface area contributed by atoms with Gasteiger partial charge < -0.3 is 24.3 Å². The van der Waals surface area contributed by atoms with Gasteiger partial charge in [-0.05, 0) is 12.3 Å². The van der Waals surface area contributed by atoms with Crippen molar-refractivity contribution in [3.05, 3.63) is 0 Å². The van der Waals surface area contributed by atoms with E-state index in [0.717, 1.165) is 0 Å². The number of hydrogen-bond donors (Lipinski definition) is 1. The number of hydrogen-bond acceptors (Lipinski definition) is 7. The van der Waals surface area contributed by atoms with Crippen molar-refractivity contribution in [3.8, 4) is 0 Å². The van der Waals surface area contributed by atoms with Gasteiger partial charge in [-0.1, -0.05) is 6.92 Å². The number of nitrogens with one attached hydrogen (secondary N) is 1. The van der Waals surface area contributed by atoms with Gasteiger partial charge in [-0.3, -0.25) is 4.79 Å². The zero-order valence-electron chi connectivity index (χ0n) is 15.6. The van der Waals surface area contributed by atoms with E-state index in [2.05, 4.69) is 5.32 Å². The first kappa shape index (κ1) is 24.3. The van der Waals surface area contributed by atoms with E-state index < -0.39 is 9.84 Å². The Bertz CT molecular complexity index is 428. The molecule has 0 aromatic heterocycles. The number of methoxy groups -OCH3 is 1. The molecule has 0 aromatic rings. The molecule has 9 heteroatoms. The zero-order valence-corrected chi connectivity index (χ0v) is 16.4. The second-order valence-electron chi connectivity index (χ2n) is 5.92.